The number of hydrogen-bond donors (Lipinski definition) is 0. The third kappa shape index (κ3) is 4.60. The van der Waals surface area contributed by atoms with Gasteiger partial charge in [0.2, 0.25) is 0 Å². The molecule has 4 aromatic heterocycles. The fourth-order valence-corrected chi connectivity index (χ4v) is 7.21. The number of fused-ring (bicyclic) bond motifs is 5. The Morgan fingerprint density at radius 3 is 1.94 bits per heavy atom. The lowest BCUT2D eigenvalue weighted by Crippen LogP contribution is -1.96. The molecule has 50 heavy (non-hydrogen) atoms. The van der Waals surface area contributed by atoms with Gasteiger partial charge in [-0.2, -0.15) is 0 Å². The van der Waals surface area contributed by atoms with Crippen molar-refractivity contribution in [1.82, 2.24) is 24.1 Å². The zero-order valence-electron chi connectivity index (χ0n) is 27.0. The van der Waals surface area contributed by atoms with Crippen LogP contribution in [0.2, 0.25) is 0 Å². The van der Waals surface area contributed by atoms with Crippen molar-refractivity contribution in [2.75, 3.05) is 0 Å². The highest BCUT2D eigenvalue weighted by molar-refractivity contribution is 6.14. The number of pyridine rings is 1. The summed E-state index contributed by atoms with van der Waals surface area (Å²) in [4.78, 5) is 14.9. The van der Waals surface area contributed by atoms with Crippen molar-refractivity contribution in [2.24, 2.45) is 0 Å². The molecule has 0 fully saturated rings. The molecule has 10 aromatic rings. The first-order valence-electron chi connectivity index (χ1n) is 16.8. The van der Waals surface area contributed by atoms with E-state index < -0.39 is 0 Å². The monoisotopic (exact) mass is 639 g/mol. The Labute approximate surface area is 288 Å². The molecule has 0 unspecified atom stereocenters. The minimum Gasteiger partial charge on any atom is -0.316 e. The number of aromatic nitrogens is 5. The van der Waals surface area contributed by atoms with Crippen LogP contribution in [0.4, 0.5) is 0 Å². The summed E-state index contributed by atoms with van der Waals surface area (Å²) in [5.41, 5.74) is 11.6. The first-order valence-corrected chi connectivity index (χ1v) is 16.8. The normalized spacial score (nSPS) is 11.6. The van der Waals surface area contributed by atoms with Crippen LogP contribution in [0.5, 0.6) is 0 Å². The van der Waals surface area contributed by atoms with Gasteiger partial charge in [0, 0.05) is 62.0 Å². The summed E-state index contributed by atoms with van der Waals surface area (Å²) in [5, 5.41) is 4.56. The molecule has 0 saturated carbocycles. The number of nitrogens with zero attached hydrogens (tertiary/aromatic N) is 5. The standard InChI is InChI=1S/C45H29N5/c1-3-11-34(12-4-1)49-26-24-32-27-38-37-28-33(22-23-41(37)50(43(38)29-42(32)49)35-13-5-2-6-14-35)45-47-40-17-8-7-15-36(40)44(48-45)31-20-18-30(19-21-31)39-16-9-10-25-46-39/h1-29H. The van der Waals surface area contributed by atoms with Crippen LogP contribution in [0.15, 0.2) is 176 Å². The first kappa shape index (κ1) is 28.2. The minimum absolute atomic E-state index is 0.700. The van der Waals surface area contributed by atoms with Gasteiger partial charge in [0.25, 0.3) is 0 Å². The molecular formula is C45H29N5. The van der Waals surface area contributed by atoms with Gasteiger partial charge in [-0.05, 0) is 78.9 Å². The molecule has 0 atom stereocenters. The molecule has 5 nitrogen and oxygen atoms in total. The predicted octanol–water partition coefficient (Wildman–Crippen LogP) is 11.1. The Hall–Kier alpha value is -6.85. The minimum atomic E-state index is 0.700. The largest absolute Gasteiger partial charge is 0.316 e. The Bertz CT molecular complexity index is 2840. The summed E-state index contributed by atoms with van der Waals surface area (Å²) in [6, 6.07) is 57.3. The van der Waals surface area contributed by atoms with Crippen molar-refractivity contribution in [1.29, 1.82) is 0 Å². The maximum absolute atomic E-state index is 5.25. The number of para-hydroxylation sites is 3. The van der Waals surface area contributed by atoms with E-state index in [0.29, 0.717) is 5.82 Å². The fraction of sp³-hybridized carbons (Fsp3) is 0. The lowest BCUT2D eigenvalue weighted by molar-refractivity contribution is 1.12. The highest BCUT2D eigenvalue weighted by Crippen LogP contribution is 2.38. The van der Waals surface area contributed by atoms with E-state index in [4.69, 9.17) is 9.97 Å². The molecule has 0 aliphatic rings. The summed E-state index contributed by atoms with van der Waals surface area (Å²) in [7, 11) is 0. The van der Waals surface area contributed by atoms with Crippen molar-refractivity contribution in [3.63, 3.8) is 0 Å². The third-order valence-corrected chi connectivity index (χ3v) is 9.61. The Kier molecular flexibility index (Phi) is 6.42. The van der Waals surface area contributed by atoms with Crippen molar-refractivity contribution < 1.29 is 0 Å². The summed E-state index contributed by atoms with van der Waals surface area (Å²) in [6.07, 6.45) is 3.98. The molecule has 4 heterocycles. The molecule has 0 radical (unpaired) electrons. The van der Waals surface area contributed by atoms with Gasteiger partial charge in [-0.1, -0.05) is 84.9 Å². The maximum atomic E-state index is 5.25. The van der Waals surface area contributed by atoms with Crippen molar-refractivity contribution in [3.05, 3.63) is 176 Å². The van der Waals surface area contributed by atoms with Gasteiger partial charge in [-0.3, -0.25) is 4.98 Å². The molecule has 5 heteroatoms. The van der Waals surface area contributed by atoms with Gasteiger partial charge in [0.15, 0.2) is 5.82 Å². The molecule has 0 saturated heterocycles. The van der Waals surface area contributed by atoms with Gasteiger partial charge >= 0.3 is 0 Å². The zero-order valence-corrected chi connectivity index (χ0v) is 27.0. The number of benzene rings is 6. The van der Waals surface area contributed by atoms with E-state index in [2.05, 4.69) is 154 Å². The van der Waals surface area contributed by atoms with E-state index in [1.165, 1.54) is 16.3 Å². The van der Waals surface area contributed by atoms with Gasteiger partial charge in [0.1, 0.15) is 0 Å². The molecule has 0 amide bonds. The fourth-order valence-electron chi connectivity index (χ4n) is 7.21. The van der Waals surface area contributed by atoms with E-state index in [1.807, 2.05) is 36.5 Å². The van der Waals surface area contributed by atoms with Crippen molar-refractivity contribution in [2.45, 2.75) is 0 Å². The predicted molar refractivity (Wildman–Crippen MR) is 205 cm³/mol. The molecule has 0 aliphatic heterocycles. The average Bonchev–Trinajstić information content (AvgIpc) is 3.75. The van der Waals surface area contributed by atoms with Crippen LogP contribution in [0.1, 0.15) is 0 Å². The zero-order chi connectivity index (χ0) is 33.0. The highest BCUT2D eigenvalue weighted by atomic mass is 15.0. The second-order valence-corrected chi connectivity index (χ2v) is 12.6. The van der Waals surface area contributed by atoms with Gasteiger partial charge in [-0.25, -0.2) is 9.97 Å². The average molecular weight is 640 g/mol. The first-order chi connectivity index (χ1) is 24.8. The molecular weight excluding hydrogens is 611 g/mol. The van der Waals surface area contributed by atoms with Crippen molar-refractivity contribution >= 4 is 43.6 Å². The Morgan fingerprint density at radius 2 is 1.14 bits per heavy atom. The SMILES string of the molecule is c1ccc(-n2ccc3cc4c5cc(-c6nc(-c7ccc(-c8ccccn8)cc7)c7ccccc7n6)ccc5n(-c5ccccc5)c4cc32)cc1. The van der Waals surface area contributed by atoms with E-state index in [9.17, 15) is 0 Å². The molecule has 0 aliphatic carbocycles. The quantitative estimate of drug-likeness (QED) is 0.188. The van der Waals surface area contributed by atoms with Crippen LogP contribution in [-0.4, -0.2) is 24.1 Å². The van der Waals surface area contributed by atoms with Crippen molar-refractivity contribution in [3.8, 4) is 45.3 Å². The summed E-state index contributed by atoms with van der Waals surface area (Å²) in [6.45, 7) is 0. The smallest absolute Gasteiger partial charge is 0.160 e. The maximum Gasteiger partial charge on any atom is 0.160 e. The Balaban J connectivity index is 1.17. The van der Waals surface area contributed by atoms with E-state index >= 15 is 0 Å². The molecule has 0 bridgehead atoms. The summed E-state index contributed by atoms with van der Waals surface area (Å²) in [5.74, 6) is 0.700. The lowest BCUT2D eigenvalue weighted by atomic mass is 10.0. The Morgan fingerprint density at radius 1 is 0.440 bits per heavy atom. The van der Waals surface area contributed by atoms with Crippen LogP contribution in [0, 0.1) is 0 Å². The summed E-state index contributed by atoms with van der Waals surface area (Å²) >= 11 is 0. The number of hydrogen-bond acceptors (Lipinski definition) is 3. The third-order valence-electron chi connectivity index (χ3n) is 9.61. The van der Waals surface area contributed by atoms with Gasteiger partial charge < -0.3 is 9.13 Å². The second-order valence-electron chi connectivity index (χ2n) is 12.6. The molecule has 10 rings (SSSR count). The van der Waals surface area contributed by atoms with E-state index in [1.54, 1.807) is 0 Å². The van der Waals surface area contributed by atoms with Crippen LogP contribution in [0.3, 0.4) is 0 Å². The number of rotatable bonds is 5. The molecule has 0 N–H and O–H groups in total. The van der Waals surface area contributed by atoms with E-state index in [0.717, 1.165) is 66.8 Å². The lowest BCUT2D eigenvalue weighted by Gasteiger charge is -2.11. The van der Waals surface area contributed by atoms with Gasteiger partial charge in [0.05, 0.1) is 33.5 Å². The molecule has 0 spiro atoms. The molecule has 6 aromatic carbocycles. The van der Waals surface area contributed by atoms with Crippen LogP contribution in [0.25, 0.3) is 88.9 Å². The highest BCUT2D eigenvalue weighted by Gasteiger charge is 2.18. The topological polar surface area (TPSA) is 48.5 Å². The van der Waals surface area contributed by atoms with Crippen LogP contribution >= 0.6 is 0 Å². The van der Waals surface area contributed by atoms with E-state index in [-0.39, 0.29) is 0 Å². The molecule has 234 valence electrons. The summed E-state index contributed by atoms with van der Waals surface area (Å²) < 4.78 is 4.63. The second kappa shape index (κ2) is 11.4. The van der Waals surface area contributed by atoms with Gasteiger partial charge in [-0.15, -0.1) is 0 Å². The van der Waals surface area contributed by atoms with Crippen LogP contribution in [-0.2, 0) is 0 Å². The van der Waals surface area contributed by atoms with Crippen LogP contribution < -0.4 is 0 Å².